The lowest BCUT2D eigenvalue weighted by Crippen LogP contribution is -2.57. The molecule has 1 fully saturated rings. The Bertz CT molecular complexity index is 1770. The normalized spacial score (nSPS) is 15.8. The van der Waals surface area contributed by atoms with Gasteiger partial charge in [0, 0.05) is 25.6 Å². The van der Waals surface area contributed by atoms with Gasteiger partial charge in [-0.25, -0.2) is 18.2 Å². The molecule has 4 amide bonds. The number of sulfonamides is 1. The molecule has 1 aromatic heterocycles. The van der Waals surface area contributed by atoms with Crippen LogP contribution in [0.25, 0.3) is 0 Å². The first-order valence-electron chi connectivity index (χ1n) is 16.6. The van der Waals surface area contributed by atoms with Gasteiger partial charge in [0.05, 0.1) is 42.1 Å². The SMILES string of the molecule is COCc1nc(CN2C(=O)CN([C@H](C(=O)N[C@@H](Cc3ccccc3)[C@@H](O)CN(CC(C)C)S(=O)(=O)c3ccc(C=NO)cc3)C(C)C)C2=O)cs1. The molecule has 51 heavy (non-hydrogen) atoms. The Morgan fingerprint density at radius 3 is 2.39 bits per heavy atom. The molecule has 1 aliphatic heterocycles. The third kappa shape index (κ3) is 10.2. The number of aliphatic hydroxyl groups excluding tert-OH is 1. The lowest BCUT2D eigenvalue weighted by atomic mass is 9.97. The molecule has 4 rings (SSSR count). The molecule has 2 heterocycles. The van der Waals surface area contributed by atoms with Crippen LogP contribution in [0.3, 0.4) is 0 Å². The van der Waals surface area contributed by atoms with Crippen molar-refractivity contribution in [2.24, 2.45) is 17.0 Å². The van der Waals surface area contributed by atoms with Crippen LogP contribution in [-0.4, -0.2) is 107 Å². The van der Waals surface area contributed by atoms with E-state index in [0.29, 0.717) is 22.9 Å². The molecule has 0 radical (unpaired) electrons. The Morgan fingerprint density at radius 1 is 1.10 bits per heavy atom. The molecular weight excluding hydrogens is 697 g/mol. The predicted octanol–water partition coefficient (Wildman–Crippen LogP) is 3.32. The zero-order valence-electron chi connectivity index (χ0n) is 29.4. The van der Waals surface area contributed by atoms with Gasteiger partial charge in [0.15, 0.2) is 0 Å². The number of aromatic nitrogens is 1. The highest BCUT2D eigenvalue weighted by molar-refractivity contribution is 7.89. The fourth-order valence-electron chi connectivity index (χ4n) is 5.89. The van der Waals surface area contributed by atoms with E-state index in [2.05, 4.69) is 15.5 Å². The molecule has 0 unspecified atom stereocenters. The molecular formula is C35H46N6O8S2. The number of thiazole rings is 1. The second-order valence-electron chi connectivity index (χ2n) is 13.1. The summed E-state index contributed by atoms with van der Waals surface area (Å²) in [6.45, 7) is 6.95. The molecule has 3 atom stereocenters. The Hall–Kier alpha value is -4.22. The van der Waals surface area contributed by atoms with Gasteiger partial charge in [0.25, 0.3) is 5.91 Å². The monoisotopic (exact) mass is 742 g/mol. The van der Waals surface area contributed by atoms with Crippen molar-refractivity contribution < 1.29 is 37.9 Å². The van der Waals surface area contributed by atoms with E-state index in [4.69, 9.17) is 9.94 Å². The maximum atomic E-state index is 14.1. The number of urea groups is 1. The number of benzene rings is 2. The zero-order valence-corrected chi connectivity index (χ0v) is 31.0. The summed E-state index contributed by atoms with van der Waals surface area (Å²) >= 11 is 1.36. The van der Waals surface area contributed by atoms with E-state index in [0.717, 1.165) is 10.5 Å². The molecule has 0 saturated carbocycles. The molecule has 0 bridgehead atoms. The Kier molecular flexibility index (Phi) is 13.8. The fraction of sp³-hybridized carbons (Fsp3) is 0.457. The van der Waals surface area contributed by atoms with Crippen molar-refractivity contribution in [1.82, 2.24) is 24.4 Å². The number of oxime groups is 1. The zero-order chi connectivity index (χ0) is 37.3. The van der Waals surface area contributed by atoms with Crippen LogP contribution in [-0.2, 0) is 43.9 Å². The van der Waals surface area contributed by atoms with Crippen LogP contribution < -0.4 is 5.32 Å². The van der Waals surface area contributed by atoms with Crippen LogP contribution in [0.4, 0.5) is 4.79 Å². The summed E-state index contributed by atoms with van der Waals surface area (Å²) < 4.78 is 34.0. The molecule has 14 nitrogen and oxygen atoms in total. The van der Waals surface area contributed by atoms with Gasteiger partial charge in [-0.2, -0.15) is 4.31 Å². The number of carbonyl (C=O) groups is 3. The largest absolute Gasteiger partial charge is 0.411 e. The van der Waals surface area contributed by atoms with Crippen molar-refractivity contribution in [2.45, 2.75) is 70.4 Å². The van der Waals surface area contributed by atoms with E-state index in [9.17, 15) is 27.9 Å². The van der Waals surface area contributed by atoms with Gasteiger partial charge in [0.2, 0.25) is 15.9 Å². The number of methoxy groups -OCH3 is 1. The molecule has 16 heteroatoms. The van der Waals surface area contributed by atoms with Crippen molar-refractivity contribution in [3.8, 4) is 0 Å². The summed E-state index contributed by atoms with van der Waals surface area (Å²) in [5.74, 6) is -1.56. The number of imide groups is 1. The van der Waals surface area contributed by atoms with Gasteiger partial charge in [-0.05, 0) is 41.5 Å². The quantitative estimate of drug-likeness (QED) is 0.0763. The highest BCUT2D eigenvalue weighted by Crippen LogP contribution is 2.24. The van der Waals surface area contributed by atoms with Gasteiger partial charge in [-0.3, -0.25) is 14.5 Å². The number of nitrogens with one attached hydrogen (secondary N) is 1. The predicted molar refractivity (Wildman–Crippen MR) is 192 cm³/mol. The molecule has 2 aromatic carbocycles. The lowest BCUT2D eigenvalue weighted by Gasteiger charge is -2.34. The van der Waals surface area contributed by atoms with E-state index in [1.54, 1.807) is 26.3 Å². The number of rotatable bonds is 18. The van der Waals surface area contributed by atoms with Crippen LogP contribution in [0.1, 0.15) is 49.5 Å². The molecule has 3 N–H and O–H groups in total. The Labute approximate surface area is 302 Å². The number of aliphatic hydroxyl groups is 1. The number of ether oxygens (including phenoxy) is 1. The summed E-state index contributed by atoms with van der Waals surface area (Å²) in [5, 5.41) is 28.9. The Balaban J connectivity index is 1.58. The van der Waals surface area contributed by atoms with Gasteiger partial charge in [-0.1, -0.05) is 75.3 Å². The maximum Gasteiger partial charge on any atom is 0.328 e. The first kappa shape index (κ1) is 39.6. The van der Waals surface area contributed by atoms with E-state index < -0.39 is 52.0 Å². The minimum atomic E-state index is -4.10. The van der Waals surface area contributed by atoms with Crippen molar-refractivity contribution in [1.29, 1.82) is 0 Å². The topological polar surface area (TPSA) is 182 Å². The molecule has 1 aliphatic rings. The standard InChI is InChI=1S/C35H46N6O8S2/c1-23(2)17-39(51(47,48)28-13-11-26(12-14-28)16-36-46)19-30(42)29(15-25-9-7-6-8-10-25)38-34(44)33(24(3)4)41-20-32(43)40(35(41)45)18-27-22-50-31(37-27)21-49-5/h6-14,16,22-24,29-30,33,42,46H,15,17-21H2,1-5H3,(H,38,44)/t29-,30-,33-/m0/s1. The van der Waals surface area contributed by atoms with Crippen molar-refractivity contribution in [3.63, 3.8) is 0 Å². The summed E-state index contributed by atoms with van der Waals surface area (Å²) in [4.78, 5) is 47.5. The van der Waals surface area contributed by atoms with E-state index in [-0.39, 0.29) is 43.4 Å². The van der Waals surface area contributed by atoms with Crippen molar-refractivity contribution in [2.75, 3.05) is 26.7 Å². The number of carbonyl (C=O) groups excluding carboxylic acids is 3. The van der Waals surface area contributed by atoms with Crippen LogP contribution in [0.15, 0.2) is 70.0 Å². The fourth-order valence-corrected chi connectivity index (χ4v) is 8.26. The number of hydrogen-bond donors (Lipinski definition) is 3. The summed E-state index contributed by atoms with van der Waals surface area (Å²) in [7, 11) is -2.55. The second-order valence-corrected chi connectivity index (χ2v) is 16.0. The van der Waals surface area contributed by atoms with E-state index in [1.165, 1.54) is 51.0 Å². The average Bonchev–Trinajstić information content (AvgIpc) is 3.64. The van der Waals surface area contributed by atoms with E-state index >= 15 is 0 Å². The minimum Gasteiger partial charge on any atom is -0.411 e. The van der Waals surface area contributed by atoms with Gasteiger partial charge >= 0.3 is 6.03 Å². The second kappa shape index (κ2) is 17.8. The van der Waals surface area contributed by atoms with Crippen molar-refractivity contribution >= 4 is 45.4 Å². The lowest BCUT2D eigenvalue weighted by molar-refractivity contribution is -0.129. The average molecular weight is 743 g/mol. The maximum absolute atomic E-state index is 14.1. The van der Waals surface area contributed by atoms with Crippen LogP contribution in [0.2, 0.25) is 0 Å². The molecule has 0 aliphatic carbocycles. The van der Waals surface area contributed by atoms with Gasteiger partial charge in [-0.15, -0.1) is 11.3 Å². The number of nitrogens with zero attached hydrogens (tertiary/aromatic N) is 5. The number of hydrogen-bond acceptors (Lipinski definition) is 11. The first-order chi connectivity index (χ1) is 24.2. The third-order valence-corrected chi connectivity index (χ3v) is 11.0. The molecule has 1 saturated heterocycles. The van der Waals surface area contributed by atoms with E-state index in [1.807, 2.05) is 44.2 Å². The Morgan fingerprint density at radius 2 is 1.78 bits per heavy atom. The van der Waals surface area contributed by atoms with Gasteiger partial charge < -0.3 is 25.3 Å². The first-order valence-corrected chi connectivity index (χ1v) is 18.9. The van der Waals surface area contributed by atoms with Gasteiger partial charge in [0.1, 0.15) is 17.6 Å². The number of amides is 4. The van der Waals surface area contributed by atoms with Crippen LogP contribution in [0, 0.1) is 11.8 Å². The molecule has 0 spiro atoms. The highest BCUT2D eigenvalue weighted by Gasteiger charge is 2.44. The minimum absolute atomic E-state index is 0.0108. The smallest absolute Gasteiger partial charge is 0.328 e. The summed E-state index contributed by atoms with van der Waals surface area (Å²) in [6, 6.07) is 12.3. The molecule has 3 aromatic rings. The highest BCUT2D eigenvalue weighted by atomic mass is 32.2. The summed E-state index contributed by atoms with van der Waals surface area (Å²) in [6.07, 6.45) is -0.0266. The summed E-state index contributed by atoms with van der Waals surface area (Å²) in [5.41, 5.74) is 1.82. The van der Waals surface area contributed by atoms with Crippen LogP contribution in [0.5, 0.6) is 0 Å². The van der Waals surface area contributed by atoms with Crippen molar-refractivity contribution in [3.05, 3.63) is 81.8 Å². The van der Waals surface area contributed by atoms with Crippen LogP contribution >= 0.6 is 11.3 Å². The molecule has 276 valence electrons. The third-order valence-electron chi connectivity index (χ3n) is 8.28.